The van der Waals surface area contributed by atoms with Crippen molar-refractivity contribution in [3.63, 3.8) is 0 Å². The minimum Gasteiger partial charge on any atom is -0.478 e. The predicted octanol–water partition coefficient (Wildman–Crippen LogP) is 3.71. The Morgan fingerprint density at radius 2 is 1.76 bits per heavy atom. The Morgan fingerprint density at radius 1 is 1.12 bits per heavy atom. The summed E-state index contributed by atoms with van der Waals surface area (Å²) in [5.41, 5.74) is 4.80. The monoisotopic (exact) mass is 446 g/mol. The van der Waals surface area contributed by atoms with Gasteiger partial charge in [0.1, 0.15) is 12.6 Å². The number of hydrogen-bond acceptors (Lipinski definition) is 4. The molecule has 1 heterocycles. The number of nitrogens with zero attached hydrogens (tertiary/aromatic N) is 1. The highest BCUT2D eigenvalue weighted by Crippen LogP contribution is 2.44. The molecule has 0 bridgehead atoms. The van der Waals surface area contributed by atoms with Crippen LogP contribution in [0.3, 0.4) is 0 Å². The van der Waals surface area contributed by atoms with Crippen LogP contribution in [0.15, 0.2) is 72.8 Å². The van der Waals surface area contributed by atoms with E-state index >= 15 is 0 Å². The van der Waals surface area contributed by atoms with Gasteiger partial charge in [-0.3, -0.25) is 4.79 Å². The van der Waals surface area contributed by atoms with Crippen LogP contribution in [-0.4, -0.2) is 53.7 Å². The lowest BCUT2D eigenvalue weighted by molar-refractivity contribution is -0.135. The fraction of sp³-hybridized carbons (Fsp3) is 0.269. The van der Waals surface area contributed by atoms with Gasteiger partial charge in [0.2, 0.25) is 5.91 Å². The number of rotatable bonds is 7. The number of nitrogens with one attached hydrogen (secondary N) is 1. The van der Waals surface area contributed by atoms with E-state index in [1.54, 1.807) is 6.08 Å². The van der Waals surface area contributed by atoms with Gasteiger partial charge in [-0.15, -0.1) is 6.58 Å². The van der Waals surface area contributed by atoms with Crippen LogP contribution in [0.5, 0.6) is 0 Å². The summed E-state index contributed by atoms with van der Waals surface area (Å²) in [5.74, 6) is -1.33. The SMILES string of the molecule is C=CCC(NC(=O)OCC1c2ccccc2-c2ccccc21)C(=O)N1CC=C(C(=O)O)CC1. The largest absolute Gasteiger partial charge is 0.478 e. The molecule has 2 aliphatic rings. The highest BCUT2D eigenvalue weighted by atomic mass is 16.5. The Labute approximate surface area is 192 Å². The van der Waals surface area contributed by atoms with E-state index in [9.17, 15) is 14.4 Å². The summed E-state index contributed by atoms with van der Waals surface area (Å²) in [7, 11) is 0. The number of ether oxygens (including phenoxy) is 1. The van der Waals surface area contributed by atoms with Gasteiger partial charge in [0.05, 0.1) is 0 Å². The van der Waals surface area contributed by atoms with Crippen LogP contribution in [0.4, 0.5) is 4.79 Å². The average molecular weight is 447 g/mol. The van der Waals surface area contributed by atoms with E-state index in [1.165, 1.54) is 11.0 Å². The summed E-state index contributed by atoms with van der Waals surface area (Å²) in [6.45, 7) is 4.32. The fourth-order valence-electron chi connectivity index (χ4n) is 4.45. The Hall–Kier alpha value is -3.87. The Morgan fingerprint density at radius 3 is 2.30 bits per heavy atom. The highest BCUT2D eigenvalue weighted by Gasteiger charge is 2.31. The molecule has 0 aromatic heterocycles. The minimum atomic E-state index is -0.971. The Balaban J connectivity index is 1.40. The number of carboxylic acid groups (broad SMARTS) is 1. The number of carbonyl (C=O) groups is 3. The van der Waals surface area contributed by atoms with Crippen molar-refractivity contribution in [3.05, 3.63) is 84.0 Å². The van der Waals surface area contributed by atoms with Crippen LogP contribution in [0.25, 0.3) is 11.1 Å². The zero-order valence-corrected chi connectivity index (χ0v) is 18.2. The smallest absolute Gasteiger partial charge is 0.407 e. The molecule has 1 atom stereocenters. The van der Waals surface area contributed by atoms with E-state index in [4.69, 9.17) is 9.84 Å². The molecule has 170 valence electrons. The van der Waals surface area contributed by atoms with Crippen molar-refractivity contribution in [2.24, 2.45) is 0 Å². The molecule has 1 unspecified atom stereocenters. The molecule has 4 rings (SSSR count). The summed E-state index contributed by atoms with van der Waals surface area (Å²) < 4.78 is 5.56. The van der Waals surface area contributed by atoms with Gasteiger partial charge in [-0.25, -0.2) is 9.59 Å². The summed E-state index contributed by atoms with van der Waals surface area (Å²) in [6.07, 6.45) is 2.94. The van der Waals surface area contributed by atoms with E-state index in [1.807, 2.05) is 36.4 Å². The summed E-state index contributed by atoms with van der Waals surface area (Å²) in [5, 5.41) is 11.7. The van der Waals surface area contributed by atoms with Crippen molar-refractivity contribution < 1.29 is 24.2 Å². The molecule has 0 saturated carbocycles. The molecule has 2 N–H and O–H groups in total. The maximum atomic E-state index is 12.9. The third-order valence-corrected chi connectivity index (χ3v) is 6.13. The first-order valence-corrected chi connectivity index (χ1v) is 10.9. The first kappa shape index (κ1) is 22.3. The van der Waals surface area contributed by atoms with E-state index in [0.29, 0.717) is 5.57 Å². The van der Waals surface area contributed by atoms with Gasteiger partial charge in [0.15, 0.2) is 0 Å². The van der Waals surface area contributed by atoms with E-state index < -0.39 is 18.1 Å². The van der Waals surface area contributed by atoms with Crippen molar-refractivity contribution in [1.29, 1.82) is 0 Å². The Kier molecular flexibility index (Phi) is 6.58. The van der Waals surface area contributed by atoms with Crippen LogP contribution < -0.4 is 5.32 Å². The number of amides is 2. The zero-order valence-electron chi connectivity index (χ0n) is 18.2. The van der Waals surface area contributed by atoms with Crippen molar-refractivity contribution >= 4 is 18.0 Å². The van der Waals surface area contributed by atoms with Crippen molar-refractivity contribution in [1.82, 2.24) is 10.2 Å². The van der Waals surface area contributed by atoms with Gasteiger partial charge < -0.3 is 20.1 Å². The molecule has 7 heteroatoms. The Bertz CT molecular complexity index is 1080. The molecule has 0 fully saturated rings. The lowest BCUT2D eigenvalue weighted by Crippen LogP contribution is -2.49. The number of alkyl carbamates (subject to hydrolysis) is 1. The lowest BCUT2D eigenvalue weighted by atomic mass is 9.98. The number of carbonyl (C=O) groups excluding carboxylic acids is 2. The van der Waals surface area contributed by atoms with E-state index in [2.05, 4.69) is 24.0 Å². The summed E-state index contributed by atoms with van der Waals surface area (Å²) in [4.78, 5) is 38.1. The van der Waals surface area contributed by atoms with Gasteiger partial charge in [-0.2, -0.15) is 0 Å². The second-order valence-corrected chi connectivity index (χ2v) is 8.12. The molecule has 7 nitrogen and oxygen atoms in total. The van der Waals surface area contributed by atoms with Crippen LogP contribution in [0.2, 0.25) is 0 Å². The number of hydrogen-bond donors (Lipinski definition) is 2. The molecule has 2 aromatic rings. The second kappa shape index (κ2) is 9.73. The molecule has 0 spiro atoms. The maximum Gasteiger partial charge on any atom is 0.407 e. The number of benzene rings is 2. The van der Waals surface area contributed by atoms with E-state index in [-0.39, 0.29) is 44.4 Å². The zero-order chi connectivity index (χ0) is 23.4. The third-order valence-electron chi connectivity index (χ3n) is 6.13. The van der Waals surface area contributed by atoms with Crippen LogP contribution in [0, 0.1) is 0 Å². The molecule has 1 aliphatic carbocycles. The third kappa shape index (κ3) is 4.67. The van der Waals surface area contributed by atoms with Gasteiger partial charge in [0, 0.05) is 24.6 Å². The first-order chi connectivity index (χ1) is 16.0. The molecule has 0 radical (unpaired) electrons. The van der Waals surface area contributed by atoms with Crippen molar-refractivity contribution in [2.75, 3.05) is 19.7 Å². The summed E-state index contributed by atoms with van der Waals surface area (Å²) in [6, 6.07) is 15.3. The normalized spacial score (nSPS) is 15.6. The number of aliphatic carboxylic acids is 1. The topological polar surface area (TPSA) is 95.9 Å². The molecule has 33 heavy (non-hydrogen) atoms. The van der Waals surface area contributed by atoms with Gasteiger partial charge in [-0.1, -0.05) is 60.7 Å². The predicted molar refractivity (Wildman–Crippen MR) is 124 cm³/mol. The maximum absolute atomic E-state index is 12.9. The van der Waals surface area contributed by atoms with Gasteiger partial charge in [-0.05, 0) is 35.1 Å². The molecule has 0 saturated heterocycles. The lowest BCUT2D eigenvalue weighted by Gasteiger charge is -2.29. The minimum absolute atomic E-state index is 0.0709. The number of fused-ring (bicyclic) bond motifs is 3. The van der Waals surface area contributed by atoms with Crippen LogP contribution >= 0.6 is 0 Å². The van der Waals surface area contributed by atoms with Crippen molar-refractivity contribution in [3.8, 4) is 11.1 Å². The summed E-state index contributed by atoms with van der Waals surface area (Å²) >= 11 is 0. The highest BCUT2D eigenvalue weighted by molar-refractivity contribution is 5.89. The fourth-order valence-corrected chi connectivity index (χ4v) is 4.45. The molecular formula is C26H26N2O5. The first-order valence-electron chi connectivity index (χ1n) is 10.9. The molecule has 2 amide bonds. The quantitative estimate of drug-likeness (QED) is 0.632. The molecule has 1 aliphatic heterocycles. The van der Waals surface area contributed by atoms with Crippen molar-refractivity contribution in [2.45, 2.75) is 24.8 Å². The standard InChI is InChI=1S/C26H26N2O5/c1-2-7-23(24(29)28-14-12-17(13-15-28)25(30)31)27-26(32)33-16-22-20-10-5-3-8-18(20)19-9-4-6-11-21(19)22/h2-6,8-12,22-23H,1,7,13-16H2,(H,27,32)(H,30,31). The van der Waals surface area contributed by atoms with Crippen LogP contribution in [-0.2, 0) is 14.3 Å². The van der Waals surface area contributed by atoms with E-state index in [0.717, 1.165) is 22.3 Å². The van der Waals surface area contributed by atoms with Gasteiger partial charge >= 0.3 is 12.1 Å². The van der Waals surface area contributed by atoms with Crippen LogP contribution in [0.1, 0.15) is 29.9 Å². The number of carboxylic acids is 1. The molecular weight excluding hydrogens is 420 g/mol. The second-order valence-electron chi connectivity index (χ2n) is 8.12. The average Bonchev–Trinajstić information content (AvgIpc) is 3.16. The van der Waals surface area contributed by atoms with Gasteiger partial charge in [0.25, 0.3) is 0 Å². The molecule has 2 aromatic carbocycles.